The first-order valence-corrected chi connectivity index (χ1v) is 8.68. The highest BCUT2D eigenvalue weighted by molar-refractivity contribution is 8.15. The van der Waals surface area contributed by atoms with Gasteiger partial charge in [-0.1, -0.05) is 36.7 Å². The molecule has 2 heterocycles. The molecule has 1 aromatic rings. The minimum atomic E-state index is -0.0132. The van der Waals surface area contributed by atoms with E-state index < -0.39 is 0 Å². The van der Waals surface area contributed by atoms with Crippen molar-refractivity contribution in [2.75, 3.05) is 23.7 Å². The summed E-state index contributed by atoms with van der Waals surface area (Å²) in [5, 5.41) is 11.3. The van der Waals surface area contributed by atoms with E-state index in [1.54, 1.807) is 6.21 Å². The summed E-state index contributed by atoms with van der Waals surface area (Å²) in [4.78, 5) is 13.5. The van der Waals surface area contributed by atoms with Crippen molar-refractivity contribution in [1.29, 1.82) is 0 Å². The zero-order valence-corrected chi connectivity index (χ0v) is 13.3. The fourth-order valence-corrected chi connectivity index (χ4v) is 3.26. The van der Waals surface area contributed by atoms with Crippen molar-refractivity contribution >= 4 is 34.7 Å². The van der Waals surface area contributed by atoms with Crippen LogP contribution in [0.3, 0.4) is 0 Å². The average Bonchev–Trinajstić information content (AvgIpc) is 2.78. The van der Waals surface area contributed by atoms with Gasteiger partial charge in [-0.25, -0.2) is 0 Å². The number of carbonyl (C=O) groups excluding carboxylic acids is 1. The highest BCUT2D eigenvalue weighted by Gasteiger charge is 2.15. The van der Waals surface area contributed by atoms with E-state index in [-0.39, 0.29) is 5.91 Å². The van der Waals surface area contributed by atoms with E-state index >= 15 is 0 Å². The lowest BCUT2D eigenvalue weighted by atomic mass is 10.2. The molecule has 0 unspecified atom stereocenters. The van der Waals surface area contributed by atoms with Gasteiger partial charge in [0.1, 0.15) is 0 Å². The smallest absolute Gasteiger partial charge is 0.236 e. The van der Waals surface area contributed by atoms with Crippen LogP contribution >= 0.6 is 11.8 Å². The minimum Gasteiger partial charge on any atom is -0.372 e. The molecule has 1 N–H and O–H groups in total. The Morgan fingerprint density at radius 3 is 2.45 bits per heavy atom. The molecule has 0 bridgehead atoms. The van der Waals surface area contributed by atoms with E-state index in [2.05, 4.69) is 44.7 Å². The van der Waals surface area contributed by atoms with Gasteiger partial charge in [0.25, 0.3) is 0 Å². The van der Waals surface area contributed by atoms with E-state index in [4.69, 9.17) is 0 Å². The summed E-state index contributed by atoms with van der Waals surface area (Å²) in [7, 11) is 0. The molecule has 6 heteroatoms. The van der Waals surface area contributed by atoms with Crippen molar-refractivity contribution in [3.63, 3.8) is 0 Å². The maximum absolute atomic E-state index is 11.0. The molecule has 5 nitrogen and oxygen atoms in total. The SMILES string of the molecule is O=C1CSC(=NN=Cc2ccc(N3CCCCCC3)cc2)N1. The Bertz CT molecular complexity index is 574. The highest BCUT2D eigenvalue weighted by atomic mass is 32.2. The molecule has 0 spiro atoms. The number of hydrogen-bond donors (Lipinski definition) is 1. The van der Waals surface area contributed by atoms with Gasteiger partial charge < -0.3 is 10.2 Å². The minimum absolute atomic E-state index is 0.0132. The quantitative estimate of drug-likeness (QED) is 0.689. The standard InChI is InChI=1S/C16H20N4OS/c21-15-12-22-16(18-15)19-17-11-13-5-7-14(8-6-13)20-9-3-1-2-4-10-20/h5-8,11H,1-4,9-10,12H2,(H,18,19,21). The molecular formula is C16H20N4OS. The van der Waals surface area contributed by atoms with Crippen LogP contribution in [0.25, 0.3) is 0 Å². The number of nitrogens with one attached hydrogen (secondary N) is 1. The summed E-state index contributed by atoms with van der Waals surface area (Å²) in [6.45, 7) is 2.30. The van der Waals surface area contributed by atoms with E-state index in [0.717, 1.165) is 18.7 Å². The lowest BCUT2D eigenvalue weighted by Gasteiger charge is -2.22. The normalized spacial score (nSPS) is 21.4. The molecule has 0 atom stereocenters. The fourth-order valence-electron chi connectivity index (χ4n) is 2.63. The summed E-state index contributed by atoms with van der Waals surface area (Å²) in [5.74, 6) is 0.416. The molecule has 1 aromatic carbocycles. The first kappa shape index (κ1) is 15.1. The molecule has 0 aliphatic carbocycles. The van der Waals surface area contributed by atoms with Crippen LogP contribution in [0, 0.1) is 0 Å². The Labute approximate surface area is 134 Å². The molecular weight excluding hydrogens is 296 g/mol. The lowest BCUT2D eigenvalue weighted by Crippen LogP contribution is -2.23. The second kappa shape index (κ2) is 7.45. The van der Waals surface area contributed by atoms with E-state index in [1.165, 1.54) is 43.1 Å². The summed E-state index contributed by atoms with van der Waals surface area (Å²) < 4.78 is 0. The first-order chi connectivity index (χ1) is 10.8. The van der Waals surface area contributed by atoms with Crippen molar-refractivity contribution in [2.45, 2.75) is 25.7 Å². The Hall–Kier alpha value is -1.82. The number of rotatable bonds is 3. The third-order valence-corrected chi connectivity index (χ3v) is 4.67. The molecule has 0 saturated carbocycles. The number of carbonyl (C=O) groups is 1. The van der Waals surface area contributed by atoms with Crippen LogP contribution < -0.4 is 10.2 Å². The molecule has 2 fully saturated rings. The van der Waals surface area contributed by atoms with Crippen molar-refractivity contribution in [1.82, 2.24) is 5.32 Å². The Morgan fingerprint density at radius 2 is 1.82 bits per heavy atom. The van der Waals surface area contributed by atoms with Gasteiger partial charge >= 0.3 is 0 Å². The van der Waals surface area contributed by atoms with Gasteiger partial charge in [-0.15, -0.1) is 5.10 Å². The van der Waals surface area contributed by atoms with Crippen molar-refractivity contribution < 1.29 is 4.79 Å². The van der Waals surface area contributed by atoms with Crippen molar-refractivity contribution in [3.05, 3.63) is 29.8 Å². The molecule has 3 rings (SSSR count). The Kier molecular flexibility index (Phi) is 5.11. The third-order valence-electron chi connectivity index (χ3n) is 3.81. The molecule has 2 saturated heterocycles. The van der Waals surface area contributed by atoms with E-state index in [1.807, 2.05) is 0 Å². The number of amides is 1. The van der Waals surface area contributed by atoms with Gasteiger partial charge in [0.2, 0.25) is 5.91 Å². The average molecular weight is 316 g/mol. The number of anilines is 1. The number of thioether (sulfide) groups is 1. The van der Waals surface area contributed by atoms with Gasteiger partial charge in [-0.3, -0.25) is 4.79 Å². The predicted molar refractivity (Wildman–Crippen MR) is 92.8 cm³/mol. The number of benzene rings is 1. The second-order valence-corrected chi connectivity index (χ2v) is 6.44. The number of amidine groups is 1. The summed E-state index contributed by atoms with van der Waals surface area (Å²) in [6, 6.07) is 8.41. The zero-order chi connectivity index (χ0) is 15.2. The van der Waals surface area contributed by atoms with Crippen LogP contribution in [0.2, 0.25) is 0 Å². The van der Waals surface area contributed by atoms with Crippen LogP contribution in [0.5, 0.6) is 0 Å². The lowest BCUT2D eigenvalue weighted by molar-refractivity contribution is -0.116. The van der Waals surface area contributed by atoms with Gasteiger partial charge in [-0.05, 0) is 30.5 Å². The molecule has 116 valence electrons. The molecule has 2 aliphatic heterocycles. The topological polar surface area (TPSA) is 57.1 Å². The summed E-state index contributed by atoms with van der Waals surface area (Å²) in [5.41, 5.74) is 2.29. The predicted octanol–water partition coefficient (Wildman–Crippen LogP) is 2.62. The van der Waals surface area contributed by atoms with Gasteiger partial charge in [0.05, 0.1) is 12.0 Å². The highest BCUT2D eigenvalue weighted by Crippen LogP contribution is 2.19. The molecule has 0 aromatic heterocycles. The van der Waals surface area contributed by atoms with Gasteiger partial charge in [0, 0.05) is 18.8 Å². The summed E-state index contributed by atoms with van der Waals surface area (Å²) >= 11 is 1.38. The zero-order valence-electron chi connectivity index (χ0n) is 12.5. The number of hydrogen-bond acceptors (Lipinski definition) is 5. The van der Waals surface area contributed by atoms with E-state index in [9.17, 15) is 4.79 Å². The van der Waals surface area contributed by atoms with Crippen LogP contribution in [0.1, 0.15) is 31.2 Å². The molecule has 22 heavy (non-hydrogen) atoms. The molecule has 2 aliphatic rings. The van der Waals surface area contributed by atoms with Crippen molar-refractivity contribution in [3.8, 4) is 0 Å². The Balaban J connectivity index is 1.60. The van der Waals surface area contributed by atoms with Crippen LogP contribution in [0.4, 0.5) is 5.69 Å². The van der Waals surface area contributed by atoms with Crippen molar-refractivity contribution in [2.24, 2.45) is 10.2 Å². The monoisotopic (exact) mass is 316 g/mol. The van der Waals surface area contributed by atoms with E-state index in [0.29, 0.717) is 10.9 Å². The Morgan fingerprint density at radius 1 is 1.09 bits per heavy atom. The maximum Gasteiger partial charge on any atom is 0.236 e. The molecule has 1 amide bonds. The first-order valence-electron chi connectivity index (χ1n) is 7.70. The largest absolute Gasteiger partial charge is 0.372 e. The molecule has 0 radical (unpaired) electrons. The van der Waals surface area contributed by atoms with Crippen LogP contribution in [0.15, 0.2) is 34.5 Å². The van der Waals surface area contributed by atoms with Crippen LogP contribution in [-0.2, 0) is 4.79 Å². The van der Waals surface area contributed by atoms with Crippen LogP contribution in [-0.4, -0.2) is 36.1 Å². The van der Waals surface area contributed by atoms with Gasteiger partial charge in [-0.2, -0.15) is 5.10 Å². The fraction of sp³-hybridized carbons (Fsp3) is 0.438. The maximum atomic E-state index is 11.0. The summed E-state index contributed by atoms with van der Waals surface area (Å²) in [6.07, 6.45) is 6.96. The van der Waals surface area contributed by atoms with Gasteiger partial charge in [0.15, 0.2) is 5.17 Å². The second-order valence-electron chi connectivity index (χ2n) is 5.48. The number of nitrogens with zero attached hydrogens (tertiary/aromatic N) is 3. The third kappa shape index (κ3) is 4.10.